The predicted molar refractivity (Wildman–Crippen MR) is 115 cm³/mol. The molecular weight excluding hydrogens is 421 g/mol. The van der Waals surface area contributed by atoms with Crippen molar-refractivity contribution in [2.24, 2.45) is 0 Å². The minimum atomic E-state index is -4.55. The summed E-state index contributed by atoms with van der Waals surface area (Å²) in [7, 11) is 0. The number of alkyl halides is 3. The van der Waals surface area contributed by atoms with E-state index in [9.17, 15) is 18.0 Å². The first kappa shape index (κ1) is 22.1. The maximum atomic E-state index is 13.4. The number of imidazole rings is 1. The molecule has 170 valence electrons. The van der Waals surface area contributed by atoms with Gasteiger partial charge in [0, 0.05) is 51.2 Å². The van der Waals surface area contributed by atoms with Crippen molar-refractivity contribution in [2.75, 3.05) is 38.0 Å². The van der Waals surface area contributed by atoms with Crippen LogP contribution in [0.3, 0.4) is 0 Å². The van der Waals surface area contributed by atoms with Crippen LogP contribution in [0.15, 0.2) is 36.5 Å². The average molecular weight is 446 g/mol. The number of carbonyl (C=O) groups excluding carboxylic acids is 1. The zero-order valence-corrected chi connectivity index (χ0v) is 18.0. The first-order chi connectivity index (χ1) is 15.2. The highest BCUT2D eigenvalue weighted by atomic mass is 19.4. The number of anilines is 1. The second-order valence-electron chi connectivity index (χ2n) is 8.01. The minimum Gasteiger partial charge on any atom is -0.322 e. The van der Waals surface area contributed by atoms with E-state index in [0.29, 0.717) is 32.7 Å². The van der Waals surface area contributed by atoms with Gasteiger partial charge in [0.2, 0.25) is 5.82 Å². The van der Waals surface area contributed by atoms with Crippen LogP contribution in [0.2, 0.25) is 0 Å². The minimum absolute atomic E-state index is 0.122. The fourth-order valence-corrected chi connectivity index (χ4v) is 3.95. The molecule has 1 saturated heterocycles. The molecule has 0 saturated carbocycles. The van der Waals surface area contributed by atoms with E-state index in [1.807, 2.05) is 32.0 Å². The summed E-state index contributed by atoms with van der Waals surface area (Å²) in [6, 6.07) is 8.78. The molecule has 0 aliphatic carbocycles. The van der Waals surface area contributed by atoms with Crippen LogP contribution in [0, 0.1) is 13.8 Å². The lowest BCUT2D eigenvalue weighted by Gasteiger charge is -2.35. The lowest BCUT2D eigenvalue weighted by Crippen LogP contribution is -2.50. The molecule has 1 aliphatic rings. The van der Waals surface area contributed by atoms with E-state index in [1.54, 1.807) is 11.0 Å². The summed E-state index contributed by atoms with van der Waals surface area (Å²) in [5.74, 6) is -0.933. The zero-order valence-electron chi connectivity index (χ0n) is 18.0. The number of piperazine rings is 1. The van der Waals surface area contributed by atoms with E-state index in [4.69, 9.17) is 0 Å². The lowest BCUT2D eigenvalue weighted by atomic mass is 10.1. The Morgan fingerprint density at radius 2 is 1.84 bits per heavy atom. The number of aromatic nitrogens is 3. The molecule has 1 fully saturated rings. The third-order valence-corrected chi connectivity index (χ3v) is 5.68. The average Bonchev–Trinajstić information content (AvgIpc) is 3.14. The summed E-state index contributed by atoms with van der Waals surface area (Å²) >= 11 is 0. The van der Waals surface area contributed by atoms with Crippen LogP contribution in [0.1, 0.15) is 17.0 Å². The van der Waals surface area contributed by atoms with E-state index in [-0.39, 0.29) is 23.7 Å². The second-order valence-corrected chi connectivity index (χ2v) is 8.01. The van der Waals surface area contributed by atoms with Gasteiger partial charge in [0.05, 0.1) is 0 Å². The van der Waals surface area contributed by atoms with Gasteiger partial charge in [0.25, 0.3) is 0 Å². The molecular formula is C22H25F3N6O. The number of amides is 2. The number of aryl methyl sites for hydroxylation is 2. The molecule has 4 rings (SSSR count). The molecule has 3 heterocycles. The Labute approximate surface area is 183 Å². The number of pyridine rings is 1. The summed E-state index contributed by atoms with van der Waals surface area (Å²) in [4.78, 5) is 24.2. The standard InChI is InChI=1S/C22H25F3N6O/c1-15-5-6-17(16(2)14-15)28-21(32)30-11-8-29(9-12-30)10-13-31-19-18(4-3-7-26-19)27-20(31)22(23,24)25/h3-7,14H,8-13H2,1-2H3,(H,28,32). The number of benzene rings is 1. The fourth-order valence-electron chi connectivity index (χ4n) is 3.95. The molecule has 0 atom stereocenters. The van der Waals surface area contributed by atoms with Crippen molar-refractivity contribution < 1.29 is 18.0 Å². The van der Waals surface area contributed by atoms with Gasteiger partial charge in [-0.3, -0.25) is 4.90 Å². The van der Waals surface area contributed by atoms with Crippen molar-refractivity contribution >= 4 is 22.9 Å². The van der Waals surface area contributed by atoms with Gasteiger partial charge in [0.15, 0.2) is 5.65 Å². The third-order valence-electron chi connectivity index (χ3n) is 5.68. The molecule has 2 aromatic heterocycles. The number of hydrogen-bond donors (Lipinski definition) is 1. The first-order valence-corrected chi connectivity index (χ1v) is 10.5. The van der Waals surface area contributed by atoms with Gasteiger partial charge in [-0.1, -0.05) is 17.7 Å². The summed E-state index contributed by atoms with van der Waals surface area (Å²) < 4.78 is 41.5. The van der Waals surface area contributed by atoms with Crippen LogP contribution in [0.5, 0.6) is 0 Å². The van der Waals surface area contributed by atoms with Crippen LogP contribution in [0.4, 0.5) is 23.7 Å². The van der Waals surface area contributed by atoms with Gasteiger partial charge in [-0.05, 0) is 37.6 Å². The Morgan fingerprint density at radius 3 is 2.53 bits per heavy atom. The van der Waals surface area contributed by atoms with Crippen LogP contribution in [0.25, 0.3) is 11.2 Å². The summed E-state index contributed by atoms with van der Waals surface area (Å²) in [6.45, 7) is 6.67. The first-order valence-electron chi connectivity index (χ1n) is 10.5. The third kappa shape index (κ3) is 4.69. The molecule has 1 aromatic carbocycles. The molecule has 10 heteroatoms. The molecule has 0 unspecified atom stereocenters. The highest BCUT2D eigenvalue weighted by molar-refractivity contribution is 5.90. The smallest absolute Gasteiger partial charge is 0.322 e. The molecule has 0 radical (unpaired) electrons. The molecule has 0 bridgehead atoms. The van der Waals surface area contributed by atoms with Crippen molar-refractivity contribution in [3.8, 4) is 0 Å². The fraction of sp³-hybridized carbons (Fsp3) is 0.409. The van der Waals surface area contributed by atoms with E-state index in [0.717, 1.165) is 21.4 Å². The second kappa shape index (κ2) is 8.78. The number of nitrogens with one attached hydrogen (secondary N) is 1. The SMILES string of the molecule is Cc1ccc(NC(=O)N2CCN(CCn3c(C(F)(F)F)nc4cccnc43)CC2)c(C)c1. The highest BCUT2D eigenvalue weighted by Gasteiger charge is 2.38. The Bertz CT molecular complexity index is 1120. The van der Waals surface area contributed by atoms with Crippen LogP contribution < -0.4 is 5.32 Å². The Morgan fingerprint density at radius 1 is 1.09 bits per heavy atom. The van der Waals surface area contributed by atoms with Gasteiger partial charge < -0.3 is 14.8 Å². The van der Waals surface area contributed by atoms with Gasteiger partial charge in [-0.2, -0.15) is 13.2 Å². The Balaban J connectivity index is 1.35. The number of hydrogen-bond acceptors (Lipinski definition) is 4. The molecule has 1 N–H and O–H groups in total. The van der Waals surface area contributed by atoms with Gasteiger partial charge in [-0.15, -0.1) is 0 Å². The normalized spacial score (nSPS) is 15.3. The van der Waals surface area contributed by atoms with E-state index in [1.165, 1.54) is 12.3 Å². The highest BCUT2D eigenvalue weighted by Crippen LogP contribution is 2.30. The topological polar surface area (TPSA) is 66.3 Å². The van der Waals surface area contributed by atoms with Gasteiger partial charge in [0.1, 0.15) is 5.52 Å². The number of halogens is 3. The van der Waals surface area contributed by atoms with Crippen LogP contribution >= 0.6 is 0 Å². The van der Waals surface area contributed by atoms with E-state index >= 15 is 0 Å². The van der Waals surface area contributed by atoms with E-state index in [2.05, 4.69) is 20.2 Å². The summed E-state index contributed by atoms with van der Waals surface area (Å²) in [5.41, 5.74) is 3.36. The quantitative estimate of drug-likeness (QED) is 0.660. The van der Waals surface area contributed by atoms with Crippen molar-refractivity contribution in [3.63, 3.8) is 0 Å². The number of fused-ring (bicyclic) bond motifs is 1. The van der Waals surface area contributed by atoms with Crippen molar-refractivity contribution in [1.82, 2.24) is 24.3 Å². The van der Waals surface area contributed by atoms with Crippen LogP contribution in [-0.2, 0) is 12.7 Å². The largest absolute Gasteiger partial charge is 0.449 e. The summed E-state index contributed by atoms with van der Waals surface area (Å²) in [5, 5.41) is 2.94. The predicted octanol–water partition coefficient (Wildman–Crippen LogP) is 3.92. The lowest BCUT2D eigenvalue weighted by molar-refractivity contribution is -0.147. The van der Waals surface area contributed by atoms with Gasteiger partial charge >= 0.3 is 12.2 Å². The molecule has 0 spiro atoms. The van der Waals surface area contributed by atoms with Crippen LogP contribution in [-0.4, -0.2) is 63.1 Å². The number of urea groups is 1. The Hall–Kier alpha value is -3.14. The Kier molecular flexibility index (Phi) is 6.05. The number of nitrogens with zero attached hydrogens (tertiary/aromatic N) is 5. The molecule has 7 nitrogen and oxygen atoms in total. The van der Waals surface area contributed by atoms with Gasteiger partial charge in [-0.25, -0.2) is 14.8 Å². The molecule has 3 aromatic rings. The zero-order chi connectivity index (χ0) is 22.9. The maximum absolute atomic E-state index is 13.4. The molecule has 2 amide bonds. The van der Waals surface area contributed by atoms with Crippen molar-refractivity contribution in [2.45, 2.75) is 26.6 Å². The number of rotatable bonds is 4. The maximum Gasteiger partial charge on any atom is 0.449 e. The van der Waals surface area contributed by atoms with E-state index < -0.39 is 12.0 Å². The monoisotopic (exact) mass is 446 g/mol. The molecule has 32 heavy (non-hydrogen) atoms. The summed E-state index contributed by atoms with van der Waals surface area (Å²) in [6.07, 6.45) is -3.08. The number of carbonyl (C=O) groups is 1. The van der Waals surface area contributed by atoms with Crippen molar-refractivity contribution in [3.05, 3.63) is 53.5 Å². The van der Waals surface area contributed by atoms with Crippen molar-refractivity contribution in [1.29, 1.82) is 0 Å². The molecule has 1 aliphatic heterocycles.